The molecule has 0 radical (unpaired) electrons. The van der Waals surface area contributed by atoms with E-state index >= 15 is 0 Å². The van der Waals surface area contributed by atoms with Crippen LogP contribution >= 0.6 is 0 Å². The molecule has 7 heteroatoms. The van der Waals surface area contributed by atoms with Gasteiger partial charge >= 0.3 is 6.03 Å². The fraction of sp³-hybridized carbons (Fsp3) is 0.391. The molecule has 2 aromatic carbocycles. The number of urea groups is 1. The number of anilines is 1. The third kappa shape index (κ3) is 4.84. The molecule has 3 N–H and O–H groups in total. The van der Waals surface area contributed by atoms with Crippen molar-refractivity contribution in [1.82, 2.24) is 10.6 Å². The summed E-state index contributed by atoms with van der Waals surface area (Å²) in [5.41, 5.74) is 2.68. The van der Waals surface area contributed by atoms with Crippen LogP contribution in [0, 0.1) is 5.92 Å². The van der Waals surface area contributed by atoms with E-state index in [1.807, 2.05) is 56.3 Å². The van der Waals surface area contributed by atoms with Gasteiger partial charge in [-0.1, -0.05) is 18.2 Å². The van der Waals surface area contributed by atoms with Crippen molar-refractivity contribution in [2.75, 3.05) is 18.5 Å². The molecule has 4 rings (SSSR count). The van der Waals surface area contributed by atoms with Crippen molar-refractivity contribution >= 4 is 17.6 Å². The number of nitrogens with one attached hydrogen (secondary N) is 3. The monoisotopic (exact) mass is 409 g/mol. The summed E-state index contributed by atoms with van der Waals surface area (Å²) in [5, 5.41) is 8.83. The van der Waals surface area contributed by atoms with E-state index in [0.717, 1.165) is 35.4 Å². The second kappa shape index (κ2) is 8.65. The molecule has 3 amide bonds. The van der Waals surface area contributed by atoms with Gasteiger partial charge in [0, 0.05) is 11.6 Å². The number of ether oxygens (including phenoxy) is 2. The molecule has 7 nitrogen and oxygen atoms in total. The lowest BCUT2D eigenvalue weighted by molar-refractivity contribution is -0.117. The molecule has 2 atom stereocenters. The first kappa shape index (κ1) is 20.1. The number of hydrogen-bond donors (Lipinski definition) is 3. The lowest BCUT2D eigenvalue weighted by Crippen LogP contribution is -2.38. The molecular formula is C23H27N3O4. The Morgan fingerprint density at radius 2 is 1.47 bits per heavy atom. The summed E-state index contributed by atoms with van der Waals surface area (Å²) in [6, 6.07) is 12.6. The van der Waals surface area contributed by atoms with Crippen LogP contribution in [0.4, 0.5) is 10.5 Å². The Bertz CT molecular complexity index is 925. The number of rotatable bonds is 6. The number of carbonyl (C=O) groups excluding carboxylic acids is 2. The van der Waals surface area contributed by atoms with Crippen LogP contribution in [-0.4, -0.2) is 25.2 Å². The van der Waals surface area contributed by atoms with Crippen molar-refractivity contribution < 1.29 is 19.1 Å². The molecule has 1 aliphatic heterocycles. The van der Waals surface area contributed by atoms with Crippen LogP contribution in [0.15, 0.2) is 42.5 Å². The highest BCUT2D eigenvalue weighted by Crippen LogP contribution is 2.32. The van der Waals surface area contributed by atoms with Crippen LogP contribution in [0.2, 0.25) is 0 Å². The Labute approximate surface area is 176 Å². The third-order valence-electron chi connectivity index (χ3n) is 5.39. The van der Waals surface area contributed by atoms with Crippen molar-refractivity contribution in [1.29, 1.82) is 0 Å². The Balaban J connectivity index is 1.30. The van der Waals surface area contributed by atoms with Crippen LogP contribution in [0.1, 0.15) is 49.9 Å². The predicted molar refractivity (Wildman–Crippen MR) is 114 cm³/mol. The number of hydrogen-bond acceptors (Lipinski definition) is 4. The molecule has 2 aromatic rings. The van der Waals surface area contributed by atoms with Crippen molar-refractivity contribution in [3.05, 3.63) is 53.6 Å². The van der Waals surface area contributed by atoms with E-state index < -0.39 is 0 Å². The summed E-state index contributed by atoms with van der Waals surface area (Å²) in [4.78, 5) is 24.3. The van der Waals surface area contributed by atoms with Gasteiger partial charge in [0.25, 0.3) is 0 Å². The lowest BCUT2D eigenvalue weighted by atomic mass is 10.1. The molecular weight excluding hydrogens is 382 g/mol. The van der Waals surface area contributed by atoms with E-state index in [2.05, 4.69) is 16.0 Å². The van der Waals surface area contributed by atoms with E-state index in [9.17, 15) is 9.59 Å². The van der Waals surface area contributed by atoms with Crippen LogP contribution in [0.3, 0.4) is 0 Å². The maximum atomic E-state index is 12.5. The van der Waals surface area contributed by atoms with Crippen LogP contribution in [0.5, 0.6) is 11.5 Å². The first-order valence-electron chi connectivity index (χ1n) is 10.4. The van der Waals surface area contributed by atoms with Gasteiger partial charge in [0.15, 0.2) is 11.5 Å². The maximum absolute atomic E-state index is 12.5. The minimum absolute atomic E-state index is 0.0847. The zero-order valence-corrected chi connectivity index (χ0v) is 17.2. The van der Waals surface area contributed by atoms with Gasteiger partial charge in [-0.25, -0.2) is 4.79 Å². The van der Waals surface area contributed by atoms with E-state index in [0.29, 0.717) is 19.0 Å². The molecule has 0 spiro atoms. The molecule has 2 unspecified atom stereocenters. The van der Waals surface area contributed by atoms with Gasteiger partial charge < -0.3 is 25.4 Å². The van der Waals surface area contributed by atoms with E-state index in [1.165, 1.54) is 0 Å². The minimum atomic E-state index is -0.254. The van der Waals surface area contributed by atoms with Crippen molar-refractivity contribution in [3.63, 3.8) is 0 Å². The van der Waals surface area contributed by atoms with Gasteiger partial charge in [-0.05, 0) is 62.1 Å². The molecule has 1 aliphatic carbocycles. The molecule has 2 aliphatic rings. The van der Waals surface area contributed by atoms with E-state index in [1.54, 1.807) is 0 Å². The molecule has 1 saturated carbocycles. The number of fused-ring (bicyclic) bond motifs is 1. The van der Waals surface area contributed by atoms with Gasteiger partial charge in [-0.15, -0.1) is 0 Å². The fourth-order valence-electron chi connectivity index (χ4n) is 3.38. The van der Waals surface area contributed by atoms with E-state index in [4.69, 9.17) is 9.47 Å². The summed E-state index contributed by atoms with van der Waals surface area (Å²) < 4.78 is 11.1. The smallest absolute Gasteiger partial charge is 0.315 e. The van der Waals surface area contributed by atoms with Crippen molar-refractivity contribution in [2.24, 2.45) is 5.92 Å². The minimum Gasteiger partial charge on any atom is -0.486 e. The van der Waals surface area contributed by atoms with Crippen molar-refractivity contribution in [3.8, 4) is 11.5 Å². The largest absolute Gasteiger partial charge is 0.486 e. The zero-order chi connectivity index (χ0) is 21.1. The normalized spacial score (nSPS) is 16.9. The Kier molecular flexibility index (Phi) is 5.79. The summed E-state index contributed by atoms with van der Waals surface area (Å²) in [5.74, 6) is 1.69. The standard InChI is InChI=1S/C23H27N3O4/c1-14(16-5-8-19(9-6-16)26-22(27)17-3-4-17)24-23(28)25-15(2)18-7-10-20-21(13-18)30-12-11-29-20/h5-10,13-15,17H,3-4,11-12H2,1-2H3,(H,26,27)(H2,24,25,28). The average Bonchev–Trinajstić information content (AvgIpc) is 3.59. The lowest BCUT2D eigenvalue weighted by Gasteiger charge is -2.22. The van der Waals surface area contributed by atoms with Crippen LogP contribution in [-0.2, 0) is 4.79 Å². The van der Waals surface area contributed by atoms with Gasteiger partial charge in [-0.2, -0.15) is 0 Å². The zero-order valence-electron chi connectivity index (χ0n) is 17.2. The topological polar surface area (TPSA) is 88.7 Å². The molecule has 30 heavy (non-hydrogen) atoms. The fourth-order valence-corrected chi connectivity index (χ4v) is 3.38. The molecule has 0 saturated heterocycles. The van der Waals surface area contributed by atoms with Crippen LogP contribution < -0.4 is 25.4 Å². The summed E-state index contributed by atoms with van der Waals surface area (Å²) >= 11 is 0. The maximum Gasteiger partial charge on any atom is 0.315 e. The second-order valence-corrected chi connectivity index (χ2v) is 7.85. The highest BCUT2D eigenvalue weighted by atomic mass is 16.6. The van der Waals surface area contributed by atoms with Crippen LogP contribution in [0.25, 0.3) is 0 Å². The highest BCUT2D eigenvalue weighted by molar-refractivity contribution is 5.94. The summed E-state index contributed by atoms with van der Waals surface area (Å²) in [6.45, 7) is 4.92. The second-order valence-electron chi connectivity index (χ2n) is 7.85. The molecule has 158 valence electrons. The Morgan fingerprint density at radius 3 is 2.13 bits per heavy atom. The van der Waals surface area contributed by atoms with Gasteiger partial charge in [0.05, 0.1) is 12.1 Å². The van der Waals surface area contributed by atoms with E-state index in [-0.39, 0.29) is 29.9 Å². The predicted octanol–water partition coefficient (Wildman–Crippen LogP) is 3.93. The quantitative estimate of drug-likeness (QED) is 0.675. The third-order valence-corrected chi connectivity index (χ3v) is 5.39. The highest BCUT2D eigenvalue weighted by Gasteiger charge is 2.29. The Morgan fingerprint density at radius 1 is 0.867 bits per heavy atom. The summed E-state index contributed by atoms with van der Waals surface area (Å²) in [6.07, 6.45) is 1.95. The first-order chi connectivity index (χ1) is 14.5. The number of amides is 3. The van der Waals surface area contributed by atoms with Gasteiger partial charge in [-0.3, -0.25) is 4.79 Å². The molecule has 1 heterocycles. The van der Waals surface area contributed by atoms with Gasteiger partial charge in [0.1, 0.15) is 13.2 Å². The van der Waals surface area contributed by atoms with Crippen molar-refractivity contribution in [2.45, 2.75) is 38.8 Å². The Hall–Kier alpha value is -3.22. The number of benzene rings is 2. The average molecular weight is 409 g/mol. The van der Waals surface area contributed by atoms with Gasteiger partial charge in [0.2, 0.25) is 5.91 Å². The SMILES string of the molecule is CC(NC(=O)NC(C)c1ccc2c(c1)OCCO2)c1ccc(NC(=O)C2CC2)cc1. The first-order valence-corrected chi connectivity index (χ1v) is 10.4. The molecule has 1 fully saturated rings. The number of carbonyl (C=O) groups is 2. The molecule has 0 aromatic heterocycles. The summed E-state index contributed by atoms with van der Waals surface area (Å²) in [7, 11) is 0. The molecule has 0 bridgehead atoms.